The molecule has 6 nitrogen and oxygen atoms in total. The summed E-state index contributed by atoms with van der Waals surface area (Å²) in [4.78, 5) is 7.81. The van der Waals surface area contributed by atoms with Crippen molar-refractivity contribution in [1.82, 2.24) is 19.7 Å². The van der Waals surface area contributed by atoms with Crippen LogP contribution < -0.4 is 0 Å². The van der Waals surface area contributed by atoms with Crippen molar-refractivity contribution in [3.8, 4) is 5.82 Å². The van der Waals surface area contributed by atoms with Crippen LogP contribution in [-0.4, -0.2) is 28.2 Å². The zero-order valence-electron chi connectivity index (χ0n) is 9.12. The first-order valence-corrected chi connectivity index (χ1v) is 6.99. The molecule has 90 valence electrons. The van der Waals surface area contributed by atoms with Gasteiger partial charge in [-0.25, -0.2) is 23.1 Å². The van der Waals surface area contributed by atoms with E-state index in [0.29, 0.717) is 17.2 Å². The Morgan fingerprint density at radius 1 is 1.35 bits per heavy atom. The Balaban J connectivity index is 2.69. The lowest BCUT2D eigenvalue weighted by Gasteiger charge is -2.01. The van der Waals surface area contributed by atoms with Crippen molar-refractivity contribution in [1.29, 1.82) is 0 Å². The second-order valence-corrected chi connectivity index (χ2v) is 5.92. The third kappa shape index (κ3) is 2.16. The first-order chi connectivity index (χ1) is 7.91. The van der Waals surface area contributed by atoms with Crippen molar-refractivity contribution in [3.05, 3.63) is 30.0 Å². The minimum atomic E-state index is -3.81. The van der Waals surface area contributed by atoms with Gasteiger partial charge in [0, 0.05) is 22.9 Å². The third-order valence-electron chi connectivity index (χ3n) is 2.25. The molecule has 0 spiro atoms. The van der Waals surface area contributed by atoms with Crippen LogP contribution >= 0.6 is 10.7 Å². The average Bonchev–Trinajstić information content (AvgIpc) is 2.54. The molecule has 0 unspecified atom stereocenters. The van der Waals surface area contributed by atoms with Gasteiger partial charge in [-0.2, -0.15) is 5.10 Å². The van der Waals surface area contributed by atoms with Gasteiger partial charge < -0.3 is 0 Å². The first-order valence-electron chi connectivity index (χ1n) is 4.68. The van der Waals surface area contributed by atoms with Crippen molar-refractivity contribution in [2.75, 3.05) is 0 Å². The molecule has 0 aliphatic carbocycles. The Bertz CT molecular complexity index is 651. The number of hydrogen-bond donors (Lipinski definition) is 0. The van der Waals surface area contributed by atoms with Crippen molar-refractivity contribution in [3.63, 3.8) is 0 Å². The number of nitrogens with zero attached hydrogens (tertiary/aromatic N) is 4. The van der Waals surface area contributed by atoms with E-state index in [9.17, 15) is 8.42 Å². The Labute approximate surface area is 103 Å². The number of aromatic nitrogens is 4. The molecule has 2 heterocycles. The Kier molecular flexibility index (Phi) is 2.88. The van der Waals surface area contributed by atoms with Gasteiger partial charge in [0.05, 0.1) is 11.4 Å². The summed E-state index contributed by atoms with van der Waals surface area (Å²) in [5.74, 6) is 0.493. The van der Waals surface area contributed by atoms with Gasteiger partial charge in [-0.15, -0.1) is 0 Å². The lowest BCUT2D eigenvalue weighted by atomic mass is 10.4. The molecule has 0 fully saturated rings. The molecule has 8 heteroatoms. The maximum Gasteiger partial charge on any atom is 0.264 e. The normalized spacial score (nSPS) is 11.7. The van der Waals surface area contributed by atoms with Gasteiger partial charge in [0.1, 0.15) is 11.2 Å². The predicted octanol–water partition coefficient (Wildman–Crippen LogP) is 1.21. The monoisotopic (exact) mass is 272 g/mol. The van der Waals surface area contributed by atoms with E-state index >= 15 is 0 Å². The van der Waals surface area contributed by atoms with E-state index < -0.39 is 9.05 Å². The zero-order chi connectivity index (χ0) is 12.6. The van der Waals surface area contributed by atoms with Gasteiger partial charge in [0.15, 0.2) is 5.82 Å². The van der Waals surface area contributed by atoms with Crippen molar-refractivity contribution in [2.24, 2.45) is 0 Å². The highest BCUT2D eigenvalue weighted by atomic mass is 35.7. The molecule has 0 bridgehead atoms. The topological polar surface area (TPSA) is 77.7 Å². The average molecular weight is 273 g/mol. The molecule has 0 amide bonds. The van der Waals surface area contributed by atoms with E-state index in [4.69, 9.17) is 10.7 Å². The summed E-state index contributed by atoms with van der Waals surface area (Å²) in [6.07, 6.45) is 2.91. The van der Waals surface area contributed by atoms with Crippen LogP contribution in [0.2, 0.25) is 0 Å². The van der Waals surface area contributed by atoms with Gasteiger partial charge in [0.2, 0.25) is 0 Å². The molecule has 2 aromatic heterocycles. The minimum absolute atomic E-state index is 0.0257. The van der Waals surface area contributed by atoms with E-state index in [1.165, 1.54) is 11.0 Å². The number of aryl methyl sites for hydroxylation is 1. The minimum Gasteiger partial charge on any atom is -0.245 e. The van der Waals surface area contributed by atoms with E-state index in [-0.39, 0.29) is 4.90 Å². The van der Waals surface area contributed by atoms with Crippen LogP contribution in [0.5, 0.6) is 0 Å². The van der Waals surface area contributed by atoms with Gasteiger partial charge in [-0.05, 0) is 13.8 Å². The highest BCUT2D eigenvalue weighted by molar-refractivity contribution is 8.13. The maximum absolute atomic E-state index is 11.4. The molecule has 0 aliphatic heterocycles. The van der Waals surface area contributed by atoms with Crippen LogP contribution in [0, 0.1) is 13.8 Å². The summed E-state index contributed by atoms with van der Waals surface area (Å²) < 4.78 is 24.2. The van der Waals surface area contributed by atoms with E-state index in [2.05, 4.69) is 15.1 Å². The van der Waals surface area contributed by atoms with Crippen molar-refractivity contribution in [2.45, 2.75) is 18.7 Å². The molecule has 0 aromatic carbocycles. The predicted molar refractivity (Wildman–Crippen MR) is 61.7 cm³/mol. The lowest BCUT2D eigenvalue weighted by Crippen LogP contribution is -2.02. The Morgan fingerprint density at radius 3 is 2.53 bits per heavy atom. The molecule has 2 aromatic rings. The van der Waals surface area contributed by atoms with Crippen LogP contribution in [0.4, 0.5) is 0 Å². The fourth-order valence-electron chi connectivity index (χ4n) is 1.61. The molecule has 0 radical (unpaired) electrons. The van der Waals surface area contributed by atoms with Crippen molar-refractivity contribution < 1.29 is 8.42 Å². The standard InChI is InChI=1S/C9H9ClN4O2S/c1-6-9(17(10,15)16)7(2)14(13-6)8-3-4-11-5-12-8/h3-5H,1-2H3. The fourth-order valence-corrected chi connectivity index (χ4v) is 3.12. The van der Waals surface area contributed by atoms with Crippen LogP contribution in [0.25, 0.3) is 5.82 Å². The molecule has 2 rings (SSSR count). The van der Waals surface area contributed by atoms with Gasteiger partial charge in [-0.1, -0.05) is 0 Å². The summed E-state index contributed by atoms with van der Waals surface area (Å²) in [7, 11) is 1.55. The molecule has 0 N–H and O–H groups in total. The SMILES string of the molecule is Cc1nn(-c2ccncn2)c(C)c1S(=O)(=O)Cl. The summed E-state index contributed by atoms with van der Waals surface area (Å²) in [5, 5.41) is 4.11. The zero-order valence-corrected chi connectivity index (χ0v) is 10.7. The maximum atomic E-state index is 11.4. The third-order valence-corrected chi connectivity index (χ3v) is 3.79. The van der Waals surface area contributed by atoms with Crippen LogP contribution in [0.1, 0.15) is 11.4 Å². The van der Waals surface area contributed by atoms with E-state index in [1.54, 1.807) is 26.1 Å². The first kappa shape index (κ1) is 12.0. The number of hydrogen-bond acceptors (Lipinski definition) is 5. The summed E-state index contributed by atoms with van der Waals surface area (Å²) in [5.41, 5.74) is 0.771. The lowest BCUT2D eigenvalue weighted by molar-refractivity contribution is 0.608. The summed E-state index contributed by atoms with van der Waals surface area (Å²) >= 11 is 0. The summed E-state index contributed by atoms with van der Waals surface area (Å²) in [6, 6.07) is 1.63. The molecule has 0 saturated heterocycles. The fraction of sp³-hybridized carbons (Fsp3) is 0.222. The molecular weight excluding hydrogens is 264 g/mol. The molecule has 0 saturated carbocycles. The molecular formula is C9H9ClN4O2S. The highest BCUT2D eigenvalue weighted by Crippen LogP contribution is 2.24. The van der Waals surface area contributed by atoms with Gasteiger partial charge in [0.25, 0.3) is 9.05 Å². The number of rotatable bonds is 2. The number of halogens is 1. The Morgan fingerprint density at radius 2 is 2.06 bits per heavy atom. The molecule has 17 heavy (non-hydrogen) atoms. The van der Waals surface area contributed by atoms with Crippen LogP contribution in [0.15, 0.2) is 23.5 Å². The second kappa shape index (κ2) is 4.08. The molecule has 0 atom stereocenters. The van der Waals surface area contributed by atoms with E-state index in [0.717, 1.165) is 0 Å². The van der Waals surface area contributed by atoms with Crippen LogP contribution in [0.3, 0.4) is 0 Å². The highest BCUT2D eigenvalue weighted by Gasteiger charge is 2.23. The van der Waals surface area contributed by atoms with Gasteiger partial charge >= 0.3 is 0 Å². The largest absolute Gasteiger partial charge is 0.264 e. The quantitative estimate of drug-likeness (QED) is 0.768. The molecule has 0 aliphatic rings. The smallest absolute Gasteiger partial charge is 0.245 e. The van der Waals surface area contributed by atoms with Gasteiger partial charge in [-0.3, -0.25) is 0 Å². The van der Waals surface area contributed by atoms with Crippen LogP contribution in [-0.2, 0) is 9.05 Å². The Hall–Kier alpha value is -1.47. The second-order valence-electron chi connectivity index (χ2n) is 3.42. The summed E-state index contributed by atoms with van der Waals surface area (Å²) in [6.45, 7) is 3.21. The van der Waals surface area contributed by atoms with E-state index in [1.807, 2.05) is 0 Å². The van der Waals surface area contributed by atoms with Crippen molar-refractivity contribution >= 4 is 19.7 Å².